The molecule has 0 aliphatic heterocycles. The highest BCUT2D eigenvalue weighted by atomic mass is 16.5. The van der Waals surface area contributed by atoms with Gasteiger partial charge in [0.2, 0.25) is 0 Å². The number of carbonyl (C=O) groups excluding carboxylic acids is 1. The van der Waals surface area contributed by atoms with Gasteiger partial charge in [0.1, 0.15) is 0 Å². The molecule has 0 aliphatic rings. The van der Waals surface area contributed by atoms with Gasteiger partial charge >= 0.3 is 5.97 Å². The van der Waals surface area contributed by atoms with Crippen molar-refractivity contribution in [3.63, 3.8) is 0 Å². The first-order chi connectivity index (χ1) is 10.1. The average molecular weight is 280 g/mol. The molecule has 108 valence electrons. The number of esters is 1. The van der Waals surface area contributed by atoms with Crippen LogP contribution in [0.25, 0.3) is 11.6 Å². The van der Waals surface area contributed by atoms with Crippen molar-refractivity contribution in [1.29, 1.82) is 0 Å². The zero-order valence-electron chi connectivity index (χ0n) is 12.7. The summed E-state index contributed by atoms with van der Waals surface area (Å²) in [7, 11) is 0. The monoisotopic (exact) mass is 280 g/mol. The van der Waals surface area contributed by atoms with Gasteiger partial charge in [-0.15, -0.1) is 0 Å². The second-order valence-electron chi connectivity index (χ2n) is 5.04. The Labute approximate surface area is 126 Å². The van der Waals surface area contributed by atoms with Crippen LogP contribution < -0.4 is 0 Å². The minimum atomic E-state index is -0.275. The van der Waals surface area contributed by atoms with Crippen LogP contribution in [0.4, 0.5) is 0 Å². The van der Waals surface area contributed by atoms with Crippen LogP contribution in [0.1, 0.15) is 40.9 Å². The first-order valence-corrected chi connectivity index (χ1v) is 7.12. The standard InChI is InChI=1S/C19H20O2/c1-4-21-19(20)18-11-7-16(8-12-18)13-15(3)17-9-5-14(2)6-10-17/h5-13H,4H2,1-3H3. The Morgan fingerprint density at radius 2 is 1.57 bits per heavy atom. The highest BCUT2D eigenvalue weighted by Crippen LogP contribution is 2.18. The number of aryl methyl sites for hydroxylation is 1. The van der Waals surface area contributed by atoms with E-state index in [0.29, 0.717) is 12.2 Å². The zero-order valence-corrected chi connectivity index (χ0v) is 12.7. The van der Waals surface area contributed by atoms with Gasteiger partial charge < -0.3 is 4.74 Å². The molecule has 0 unspecified atom stereocenters. The Balaban J connectivity index is 2.17. The third-order valence-corrected chi connectivity index (χ3v) is 3.31. The molecule has 2 aromatic carbocycles. The van der Waals surface area contributed by atoms with Gasteiger partial charge in [-0.3, -0.25) is 0 Å². The van der Waals surface area contributed by atoms with Gasteiger partial charge in [-0.05, 0) is 49.6 Å². The number of hydrogen-bond donors (Lipinski definition) is 0. The van der Waals surface area contributed by atoms with E-state index >= 15 is 0 Å². The molecule has 0 saturated heterocycles. The predicted molar refractivity (Wildman–Crippen MR) is 87.1 cm³/mol. The molecule has 0 radical (unpaired) electrons. The van der Waals surface area contributed by atoms with Crippen molar-refractivity contribution in [3.8, 4) is 0 Å². The van der Waals surface area contributed by atoms with E-state index in [0.717, 1.165) is 5.56 Å². The van der Waals surface area contributed by atoms with Gasteiger partial charge in [-0.1, -0.05) is 48.0 Å². The number of carbonyl (C=O) groups is 1. The molecule has 2 heteroatoms. The number of ether oxygens (including phenoxy) is 1. The van der Waals surface area contributed by atoms with Gasteiger partial charge in [0.25, 0.3) is 0 Å². The molecule has 0 saturated carbocycles. The molecule has 2 aromatic rings. The smallest absolute Gasteiger partial charge is 0.338 e. The summed E-state index contributed by atoms with van der Waals surface area (Å²) in [5.41, 5.74) is 5.31. The Kier molecular flexibility index (Phi) is 4.94. The fourth-order valence-corrected chi connectivity index (χ4v) is 2.08. The summed E-state index contributed by atoms with van der Waals surface area (Å²) < 4.78 is 4.98. The van der Waals surface area contributed by atoms with Crippen molar-refractivity contribution >= 4 is 17.6 Å². The molecular formula is C19H20O2. The van der Waals surface area contributed by atoms with E-state index in [1.165, 1.54) is 16.7 Å². The van der Waals surface area contributed by atoms with Crippen LogP contribution in [0, 0.1) is 6.92 Å². The van der Waals surface area contributed by atoms with Crippen molar-refractivity contribution in [1.82, 2.24) is 0 Å². The van der Waals surface area contributed by atoms with Crippen LogP contribution in [0.5, 0.6) is 0 Å². The SMILES string of the molecule is CCOC(=O)c1ccc(C=C(C)c2ccc(C)cc2)cc1. The first-order valence-electron chi connectivity index (χ1n) is 7.12. The summed E-state index contributed by atoms with van der Waals surface area (Å²) in [5, 5.41) is 0. The zero-order chi connectivity index (χ0) is 15.2. The quantitative estimate of drug-likeness (QED) is 0.597. The Morgan fingerprint density at radius 3 is 2.14 bits per heavy atom. The molecule has 0 aromatic heterocycles. The molecule has 0 heterocycles. The van der Waals surface area contributed by atoms with E-state index in [1.54, 1.807) is 19.1 Å². The average Bonchev–Trinajstić information content (AvgIpc) is 2.49. The van der Waals surface area contributed by atoms with Crippen molar-refractivity contribution < 1.29 is 9.53 Å². The highest BCUT2D eigenvalue weighted by molar-refractivity contribution is 5.90. The molecule has 0 fully saturated rings. The number of allylic oxidation sites excluding steroid dienone is 1. The van der Waals surface area contributed by atoms with E-state index in [9.17, 15) is 4.79 Å². The van der Waals surface area contributed by atoms with E-state index < -0.39 is 0 Å². The van der Waals surface area contributed by atoms with E-state index in [-0.39, 0.29) is 5.97 Å². The fraction of sp³-hybridized carbons (Fsp3) is 0.211. The highest BCUT2D eigenvalue weighted by Gasteiger charge is 2.05. The third-order valence-electron chi connectivity index (χ3n) is 3.31. The molecular weight excluding hydrogens is 260 g/mol. The molecule has 0 atom stereocenters. The number of hydrogen-bond acceptors (Lipinski definition) is 2. The summed E-state index contributed by atoms with van der Waals surface area (Å²) in [5.74, 6) is -0.275. The summed E-state index contributed by atoms with van der Waals surface area (Å²) in [6.07, 6.45) is 2.11. The lowest BCUT2D eigenvalue weighted by Crippen LogP contribution is -2.03. The number of rotatable bonds is 4. The van der Waals surface area contributed by atoms with Gasteiger partial charge in [-0.25, -0.2) is 4.79 Å². The summed E-state index contributed by atoms with van der Waals surface area (Å²) in [6.45, 7) is 6.37. The van der Waals surface area contributed by atoms with Crippen molar-refractivity contribution in [3.05, 3.63) is 70.8 Å². The van der Waals surface area contributed by atoms with Crippen LogP contribution >= 0.6 is 0 Å². The summed E-state index contributed by atoms with van der Waals surface area (Å²) in [4.78, 5) is 11.6. The maximum atomic E-state index is 11.6. The molecule has 21 heavy (non-hydrogen) atoms. The lowest BCUT2D eigenvalue weighted by molar-refractivity contribution is 0.0526. The largest absolute Gasteiger partial charge is 0.462 e. The predicted octanol–water partition coefficient (Wildman–Crippen LogP) is 4.73. The van der Waals surface area contributed by atoms with Crippen molar-refractivity contribution in [2.75, 3.05) is 6.61 Å². The van der Waals surface area contributed by atoms with Crippen molar-refractivity contribution in [2.45, 2.75) is 20.8 Å². The fourth-order valence-electron chi connectivity index (χ4n) is 2.08. The van der Waals surface area contributed by atoms with Gasteiger partial charge in [0.15, 0.2) is 0 Å². The molecule has 0 aliphatic carbocycles. The van der Waals surface area contributed by atoms with Gasteiger partial charge in [0, 0.05) is 0 Å². The maximum Gasteiger partial charge on any atom is 0.338 e. The van der Waals surface area contributed by atoms with Crippen LogP contribution in [-0.2, 0) is 4.74 Å². The van der Waals surface area contributed by atoms with E-state index in [4.69, 9.17) is 4.74 Å². The minimum absolute atomic E-state index is 0.275. The topological polar surface area (TPSA) is 26.3 Å². The summed E-state index contributed by atoms with van der Waals surface area (Å²) in [6, 6.07) is 15.9. The van der Waals surface area contributed by atoms with E-state index in [1.807, 2.05) is 12.1 Å². The third kappa shape index (κ3) is 4.06. The molecule has 2 nitrogen and oxygen atoms in total. The number of benzene rings is 2. The molecule has 2 rings (SSSR count). The van der Waals surface area contributed by atoms with Crippen LogP contribution in [-0.4, -0.2) is 12.6 Å². The lowest BCUT2D eigenvalue weighted by atomic mass is 10.0. The molecule has 0 spiro atoms. The molecule has 0 N–H and O–H groups in total. The normalized spacial score (nSPS) is 11.3. The Hall–Kier alpha value is -2.35. The first kappa shape index (κ1) is 15.0. The Morgan fingerprint density at radius 1 is 1.00 bits per heavy atom. The van der Waals surface area contributed by atoms with Crippen LogP contribution in [0.2, 0.25) is 0 Å². The lowest BCUT2D eigenvalue weighted by Gasteiger charge is -2.04. The Bertz CT molecular complexity index is 634. The summed E-state index contributed by atoms with van der Waals surface area (Å²) >= 11 is 0. The maximum absolute atomic E-state index is 11.6. The van der Waals surface area contributed by atoms with Crippen LogP contribution in [0.3, 0.4) is 0 Å². The second-order valence-corrected chi connectivity index (χ2v) is 5.04. The van der Waals surface area contributed by atoms with Crippen LogP contribution in [0.15, 0.2) is 48.5 Å². The second kappa shape index (κ2) is 6.89. The van der Waals surface area contributed by atoms with Gasteiger partial charge in [-0.2, -0.15) is 0 Å². The van der Waals surface area contributed by atoms with Crippen molar-refractivity contribution in [2.24, 2.45) is 0 Å². The minimum Gasteiger partial charge on any atom is -0.462 e. The molecule has 0 bridgehead atoms. The molecule has 0 amide bonds. The van der Waals surface area contributed by atoms with E-state index in [2.05, 4.69) is 44.2 Å². The van der Waals surface area contributed by atoms with Gasteiger partial charge in [0.05, 0.1) is 12.2 Å².